The Balaban J connectivity index is 2.07. The normalized spacial score (nSPS) is 16.8. The average molecular weight is 491 g/mol. The Morgan fingerprint density at radius 1 is 1.26 bits per heavy atom. The number of guanidine groups is 1. The molecule has 1 heterocycles. The van der Waals surface area contributed by atoms with Crippen LogP contribution in [0.2, 0.25) is 0 Å². The number of likely N-dealkylation sites (tertiary alicyclic amines) is 1. The van der Waals surface area contributed by atoms with Gasteiger partial charge >= 0.3 is 0 Å². The van der Waals surface area contributed by atoms with Crippen LogP contribution in [0.15, 0.2) is 35.9 Å². The Bertz CT molecular complexity index is 935. The molecule has 1 fully saturated rings. The number of carbonyl (C=O) groups is 3. The van der Waals surface area contributed by atoms with Gasteiger partial charge in [0.05, 0.1) is 23.5 Å². The molecule has 1 aromatic carbocycles. The number of hydrogen-bond donors (Lipinski definition) is 5. The zero-order valence-electron chi connectivity index (χ0n) is 18.9. The number of benzene rings is 1. The highest BCUT2D eigenvalue weighted by molar-refractivity contribution is 6.25. The second-order valence-electron chi connectivity index (χ2n) is 8.11. The van der Waals surface area contributed by atoms with Crippen LogP contribution in [0.4, 0.5) is 0 Å². The van der Waals surface area contributed by atoms with Crippen LogP contribution in [0.5, 0.6) is 0 Å². The van der Waals surface area contributed by atoms with Gasteiger partial charge in [0, 0.05) is 13.1 Å². The van der Waals surface area contributed by atoms with Crippen molar-refractivity contribution in [3.05, 3.63) is 41.5 Å². The highest BCUT2D eigenvalue weighted by atomic mass is 35.5. The van der Waals surface area contributed by atoms with E-state index >= 15 is 0 Å². The molecule has 34 heavy (non-hydrogen) atoms. The number of nitrogens with one attached hydrogen (secondary N) is 3. The average Bonchev–Trinajstić information content (AvgIpc) is 3.31. The zero-order valence-corrected chi connectivity index (χ0v) is 19.6. The molecule has 1 aliphatic rings. The van der Waals surface area contributed by atoms with E-state index in [1.54, 1.807) is 0 Å². The van der Waals surface area contributed by atoms with Gasteiger partial charge in [0.25, 0.3) is 0 Å². The molecule has 184 valence electrons. The molecule has 0 radical (unpaired) electrons. The first-order chi connectivity index (χ1) is 16.3. The second-order valence-corrected chi connectivity index (χ2v) is 8.38. The maximum atomic E-state index is 13.1. The number of nitrogens with two attached hydrogens (primary N) is 2. The standard InChI is InChI=1S/C23H31ClN6O4/c24-13-16(14-31)20(32)18(8-4-10-28-23(26)27)29-21(33)19-9-5-11-30(19)22(34)17(25)12-15-6-2-1-3-7-15/h1-3,6-7,17-19H,4-5,8-13,25H2,(H,29,33)(H4,26,27,28)/t17-,18+,19+/m1/s1. The highest BCUT2D eigenvalue weighted by Crippen LogP contribution is 2.20. The molecule has 0 saturated carbocycles. The lowest BCUT2D eigenvalue weighted by Gasteiger charge is -2.28. The van der Waals surface area contributed by atoms with Gasteiger partial charge in [-0.3, -0.25) is 19.8 Å². The summed E-state index contributed by atoms with van der Waals surface area (Å²) < 4.78 is 0. The number of Topliss-reactive ketones (excluding diaryl/α,β-unsaturated/α-hetero) is 1. The molecule has 0 spiro atoms. The van der Waals surface area contributed by atoms with Crippen LogP contribution < -0.4 is 22.1 Å². The third kappa shape index (κ3) is 7.69. The molecule has 0 aliphatic carbocycles. The lowest BCUT2D eigenvalue weighted by atomic mass is 10.0. The number of amides is 2. The third-order valence-electron chi connectivity index (χ3n) is 5.63. The molecule has 0 unspecified atom stereocenters. The van der Waals surface area contributed by atoms with Crippen LogP contribution in [0.1, 0.15) is 31.2 Å². The van der Waals surface area contributed by atoms with Crippen molar-refractivity contribution in [2.24, 2.45) is 11.5 Å². The van der Waals surface area contributed by atoms with E-state index in [1.807, 2.05) is 30.3 Å². The van der Waals surface area contributed by atoms with Gasteiger partial charge in [-0.1, -0.05) is 30.3 Å². The molecule has 2 amide bonds. The number of ketones is 1. The fraction of sp³-hybridized carbons (Fsp3) is 0.478. The maximum Gasteiger partial charge on any atom is 0.243 e. The predicted octanol–water partition coefficient (Wildman–Crippen LogP) is -0.139. The minimum atomic E-state index is -1.02. The molecule has 2 rings (SSSR count). The number of carbonyl (C=O) groups excluding carboxylic acids is 4. The summed E-state index contributed by atoms with van der Waals surface area (Å²) in [5.74, 6) is -0.460. The summed E-state index contributed by atoms with van der Waals surface area (Å²) in [7, 11) is 0. The first-order valence-corrected chi connectivity index (χ1v) is 11.6. The minimum Gasteiger partial charge on any atom is -0.370 e. The van der Waals surface area contributed by atoms with Gasteiger partial charge in [-0.2, -0.15) is 0 Å². The van der Waals surface area contributed by atoms with Gasteiger partial charge in [0.2, 0.25) is 11.8 Å². The smallest absolute Gasteiger partial charge is 0.243 e. The third-order valence-corrected chi connectivity index (χ3v) is 5.89. The molecular formula is C23H31ClN6O4. The largest absolute Gasteiger partial charge is 0.370 e. The summed E-state index contributed by atoms with van der Waals surface area (Å²) >= 11 is 5.68. The van der Waals surface area contributed by atoms with Crippen LogP contribution >= 0.6 is 11.6 Å². The van der Waals surface area contributed by atoms with Gasteiger partial charge in [-0.15, -0.1) is 11.6 Å². The number of nitrogens with zero attached hydrogens (tertiary/aromatic N) is 1. The zero-order chi connectivity index (χ0) is 25.1. The van der Waals surface area contributed by atoms with Crippen LogP contribution in [0.3, 0.4) is 0 Å². The molecule has 0 aromatic heterocycles. The van der Waals surface area contributed by atoms with E-state index in [-0.39, 0.29) is 29.7 Å². The quantitative estimate of drug-likeness (QED) is 0.0677. The Kier molecular flexibility index (Phi) is 10.7. The van der Waals surface area contributed by atoms with Gasteiger partial charge < -0.3 is 27.0 Å². The molecular weight excluding hydrogens is 460 g/mol. The summed E-state index contributed by atoms with van der Waals surface area (Å²) in [6.07, 6.45) is 1.98. The summed E-state index contributed by atoms with van der Waals surface area (Å²) in [5.41, 5.74) is 12.1. The summed E-state index contributed by atoms with van der Waals surface area (Å²) in [5, 5.41) is 12.5. The van der Waals surface area contributed by atoms with E-state index in [4.69, 9.17) is 28.5 Å². The van der Waals surface area contributed by atoms with Crippen LogP contribution in [0.25, 0.3) is 0 Å². The number of rotatable bonds is 12. The molecule has 10 nitrogen and oxygen atoms in total. The van der Waals surface area contributed by atoms with Crippen molar-refractivity contribution in [3.8, 4) is 0 Å². The molecule has 7 N–H and O–H groups in total. The van der Waals surface area contributed by atoms with E-state index in [1.165, 1.54) is 10.8 Å². The molecule has 1 saturated heterocycles. The van der Waals surface area contributed by atoms with E-state index in [2.05, 4.69) is 10.6 Å². The Morgan fingerprint density at radius 3 is 2.59 bits per heavy atom. The summed E-state index contributed by atoms with van der Waals surface area (Å²) in [6, 6.07) is 6.79. The topological polar surface area (TPSA) is 171 Å². The molecule has 0 bridgehead atoms. The van der Waals surface area contributed by atoms with E-state index in [0.717, 1.165) is 5.56 Å². The molecule has 1 aliphatic heterocycles. The first-order valence-electron chi connectivity index (χ1n) is 11.1. The van der Waals surface area contributed by atoms with Crippen molar-refractivity contribution in [3.63, 3.8) is 0 Å². The molecule has 11 heteroatoms. The number of alkyl halides is 1. The fourth-order valence-electron chi connectivity index (χ4n) is 3.89. The van der Waals surface area contributed by atoms with Gasteiger partial charge in [-0.25, -0.2) is 4.79 Å². The van der Waals surface area contributed by atoms with Crippen molar-refractivity contribution in [2.45, 2.75) is 50.2 Å². The van der Waals surface area contributed by atoms with Crippen molar-refractivity contribution in [2.75, 3.05) is 19.0 Å². The molecule has 1 aromatic rings. The van der Waals surface area contributed by atoms with E-state index in [9.17, 15) is 19.2 Å². The maximum absolute atomic E-state index is 13.1. The Labute approximate surface area is 203 Å². The Morgan fingerprint density at radius 2 is 1.97 bits per heavy atom. The van der Waals surface area contributed by atoms with Gasteiger partial charge in [0.1, 0.15) is 12.0 Å². The monoisotopic (exact) mass is 490 g/mol. The van der Waals surface area contributed by atoms with Crippen molar-refractivity contribution < 1.29 is 19.2 Å². The van der Waals surface area contributed by atoms with Gasteiger partial charge in [-0.05, 0) is 37.7 Å². The first kappa shape index (κ1) is 27.0. The van der Waals surface area contributed by atoms with E-state index < -0.39 is 29.8 Å². The van der Waals surface area contributed by atoms with E-state index in [0.29, 0.717) is 38.8 Å². The van der Waals surface area contributed by atoms with Crippen molar-refractivity contribution in [1.29, 1.82) is 5.41 Å². The fourth-order valence-corrected chi connectivity index (χ4v) is 4.08. The van der Waals surface area contributed by atoms with Gasteiger partial charge in [0.15, 0.2) is 11.7 Å². The Hall–Kier alpha value is -3.20. The molecule has 3 atom stereocenters. The summed E-state index contributed by atoms with van der Waals surface area (Å²) in [4.78, 5) is 51.4. The SMILES string of the molecule is N=C(N)NCCC[C@H](NC(=O)[C@@H]1CCCN1C(=O)[C@H](N)Cc1ccccc1)C(=O)C(=C=O)CCl. The van der Waals surface area contributed by atoms with Crippen LogP contribution in [-0.2, 0) is 25.6 Å². The number of hydrogen-bond acceptors (Lipinski definition) is 6. The lowest BCUT2D eigenvalue weighted by Crippen LogP contribution is -2.54. The minimum absolute atomic E-state index is 0.182. The predicted molar refractivity (Wildman–Crippen MR) is 129 cm³/mol. The number of halogens is 1. The van der Waals surface area contributed by atoms with Crippen molar-refractivity contribution in [1.82, 2.24) is 15.5 Å². The lowest BCUT2D eigenvalue weighted by molar-refractivity contribution is -0.140. The van der Waals surface area contributed by atoms with Crippen molar-refractivity contribution >= 4 is 41.1 Å². The second kappa shape index (κ2) is 13.5. The summed E-state index contributed by atoms with van der Waals surface area (Å²) in [6.45, 7) is 0.695. The highest BCUT2D eigenvalue weighted by Gasteiger charge is 2.37. The van der Waals surface area contributed by atoms with Crippen LogP contribution in [0, 0.1) is 5.41 Å². The van der Waals surface area contributed by atoms with Crippen LogP contribution in [-0.4, -0.2) is 71.5 Å².